The molecule has 0 atom stereocenters. The van der Waals surface area contributed by atoms with Crippen LogP contribution in [0.4, 0.5) is 20.5 Å². The Labute approximate surface area is 207 Å². The Hall–Kier alpha value is -3.15. The van der Waals surface area contributed by atoms with Gasteiger partial charge in [0.2, 0.25) is 5.95 Å². The molecule has 9 nitrogen and oxygen atoms in total. The van der Waals surface area contributed by atoms with Crippen LogP contribution in [0.5, 0.6) is 5.75 Å². The third-order valence-corrected chi connectivity index (χ3v) is 6.64. The highest BCUT2D eigenvalue weighted by Gasteiger charge is 2.24. The maximum Gasteiger partial charge on any atom is 0.387 e. The number of nitrogens with zero attached hydrogens (tertiary/aromatic N) is 5. The molecule has 1 aromatic carbocycles. The monoisotopic (exact) mass is 501 g/mol. The van der Waals surface area contributed by atoms with Gasteiger partial charge in [0.25, 0.3) is 0 Å². The summed E-state index contributed by atoms with van der Waals surface area (Å²) in [7, 11) is 2.00. The summed E-state index contributed by atoms with van der Waals surface area (Å²) in [4.78, 5) is 18.9. The smallest absolute Gasteiger partial charge is 0.387 e. The van der Waals surface area contributed by atoms with Crippen LogP contribution < -0.4 is 14.5 Å². The van der Waals surface area contributed by atoms with Crippen molar-refractivity contribution in [2.24, 2.45) is 0 Å². The zero-order valence-corrected chi connectivity index (χ0v) is 20.1. The van der Waals surface area contributed by atoms with Crippen LogP contribution in [0.2, 0.25) is 0 Å². The number of aliphatic hydroxyl groups excluding tert-OH is 1. The molecule has 2 aliphatic heterocycles. The highest BCUT2D eigenvalue weighted by atomic mass is 19.3. The number of fused-ring (bicyclic) bond motifs is 1. The second kappa shape index (κ2) is 10.9. The van der Waals surface area contributed by atoms with E-state index >= 15 is 0 Å². The van der Waals surface area contributed by atoms with Gasteiger partial charge < -0.3 is 29.1 Å². The maximum absolute atomic E-state index is 12.7. The molecule has 11 heteroatoms. The van der Waals surface area contributed by atoms with Gasteiger partial charge in [0.05, 0.1) is 30.9 Å². The van der Waals surface area contributed by atoms with Gasteiger partial charge in [-0.1, -0.05) is 0 Å². The lowest BCUT2D eigenvalue weighted by Crippen LogP contribution is -2.39. The van der Waals surface area contributed by atoms with Crippen molar-refractivity contribution >= 4 is 22.8 Å². The third kappa shape index (κ3) is 5.18. The van der Waals surface area contributed by atoms with Gasteiger partial charge in [0, 0.05) is 50.5 Å². The summed E-state index contributed by atoms with van der Waals surface area (Å²) < 4.78 is 41.0. The molecule has 0 unspecified atom stereocenters. The van der Waals surface area contributed by atoms with E-state index in [1.807, 2.05) is 19.2 Å². The van der Waals surface area contributed by atoms with E-state index in [-0.39, 0.29) is 17.4 Å². The van der Waals surface area contributed by atoms with E-state index in [0.717, 1.165) is 37.1 Å². The topological polar surface area (TPSA) is 93.1 Å². The number of hydrogen-bond donors (Lipinski definition) is 1. The van der Waals surface area contributed by atoms with Crippen LogP contribution in [0.15, 0.2) is 30.3 Å². The van der Waals surface area contributed by atoms with Crippen molar-refractivity contribution in [1.29, 1.82) is 0 Å². The molecule has 5 rings (SSSR count). The lowest BCUT2D eigenvalue weighted by molar-refractivity contribution is -0.0509. The van der Waals surface area contributed by atoms with Crippen molar-refractivity contribution in [1.82, 2.24) is 15.0 Å². The van der Waals surface area contributed by atoms with E-state index in [9.17, 15) is 13.9 Å². The summed E-state index contributed by atoms with van der Waals surface area (Å²) in [6, 6.07) is 8.72. The van der Waals surface area contributed by atoms with Crippen LogP contribution in [0, 0.1) is 0 Å². The molecule has 1 N–H and O–H groups in total. The number of anilines is 2. The molecular formula is C25H29F2N5O4. The van der Waals surface area contributed by atoms with Gasteiger partial charge in [-0.25, -0.2) is 4.98 Å². The predicted octanol–water partition coefficient (Wildman–Crippen LogP) is 3.24. The normalized spacial score (nSPS) is 17.1. The number of hydrogen-bond acceptors (Lipinski definition) is 9. The SMILES string of the molecule is CN(c1nc(N2CCOCC2)c2ccc(-c3ccc(OC(F)F)c(CO)c3)nc2n1)C1CCOCC1. The van der Waals surface area contributed by atoms with Gasteiger partial charge in [-0.15, -0.1) is 0 Å². The Bertz CT molecular complexity index is 1200. The number of ether oxygens (including phenoxy) is 3. The van der Waals surface area contributed by atoms with Gasteiger partial charge in [0.1, 0.15) is 11.6 Å². The number of benzene rings is 1. The van der Waals surface area contributed by atoms with E-state index in [2.05, 4.69) is 14.5 Å². The van der Waals surface area contributed by atoms with E-state index in [4.69, 9.17) is 24.4 Å². The highest BCUT2D eigenvalue weighted by molar-refractivity contribution is 5.90. The number of morpholine rings is 1. The molecule has 0 radical (unpaired) electrons. The summed E-state index contributed by atoms with van der Waals surface area (Å²) in [5, 5.41) is 10.5. The van der Waals surface area contributed by atoms with E-state index in [0.29, 0.717) is 49.3 Å². The molecule has 0 bridgehead atoms. The Morgan fingerprint density at radius 3 is 2.53 bits per heavy atom. The molecule has 0 saturated carbocycles. The minimum absolute atomic E-state index is 0.0608. The zero-order valence-electron chi connectivity index (χ0n) is 20.1. The quantitative estimate of drug-likeness (QED) is 0.524. The molecule has 0 spiro atoms. The Kier molecular flexibility index (Phi) is 7.40. The summed E-state index contributed by atoms with van der Waals surface area (Å²) in [5.74, 6) is 1.35. The molecule has 192 valence electrons. The number of rotatable bonds is 7. The molecular weight excluding hydrogens is 472 g/mol. The van der Waals surface area contributed by atoms with Crippen molar-refractivity contribution in [2.75, 3.05) is 56.4 Å². The summed E-state index contributed by atoms with van der Waals surface area (Å²) in [6.45, 7) is 0.700. The summed E-state index contributed by atoms with van der Waals surface area (Å²) in [5.41, 5.74) is 2.06. The first-order valence-corrected chi connectivity index (χ1v) is 12.0. The van der Waals surface area contributed by atoms with Crippen LogP contribution in [0.25, 0.3) is 22.3 Å². The largest absolute Gasteiger partial charge is 0.434 e. The van der Waals surface area contributed by atoms with Crippen molar-refractivity contribution in [3.63, 3.8) is 0 Å². The van der Waals surface area contributed by atoms with Crippen molar-refractivity contribution < 1.29 is 28.1 Å². The van der Waals surface area contributed by atoms with Crippen LogP contribution in [0.3, 0.4) is 0 Å². The van der Waals surface area contributed by atoms with Gasteiger partial charge in [0.15, 0.2) is 5.65 Å². The van der Waals surface area contributed by atoms with Crippen molar-refractivity contribution in [3.05, 3.63) is 35.9 Å². The van der Waals surface area contributed by atoms with Crippen LogP contribution in [-0.2, 0) is 16.1 Å². The first kappa shape index (κ1) is 24.5. The van der Waals surface area contributed by atoms with E-state index < -0.39 is 13.2 Å². The molecule has 3 aromatic rings. The molecule has 4 heterocycles. The first-order chi connectivity index (χ1) is 17.5. The maximum atomic E-state index is 12.7. The average molecular weight is 502 g/mol. The van der Waals surface area contributed by atoms with Gasteiger partial charge in [-0.3, -0.25) is 0 Å². The second-order valence-corrected chi connectivity index (χ2v) is 8.83. The highest BCUT2D eigenvalue weighted by Crippen LogP contribution is 2.32. The van der Waals surface area contributed by atoms with Crippen LogP contribution in [-0.4, -0.2) is 79.3 Å². The second-order valence-electron chi connectivity index (χ2n) is 8.83. The first-order valence-electron chi connectivity index (χ1n) is 12.0. The molecule has 36 heavy (non-hydrogen) atoms. The summed E-state index contributed by atoms with van der Waals surface area (Å²) in [6.07, 6.45) is 1.80. The van der Waals surface area contributed by atoms with E-state index in [1.165, 1.54) is 6.07 Å². The third-order valence-electron chi connectivity index (χ3n) is 6.64. The fourth-order valence-corrected chi connectivity index (χ4v) is 4.63. The van der Waals surface area contributed by atoms with Crippen LogP contribution >= 0.6 is 0 Å². The molecule has 2 fully saturated rings. The minimum atomic E-state index is -2.97. The molecule has 2 saturated heterocycles. The average Bonchev–Trinajstić information content (AvgIpc) is 2.92. The van der Waals surface area contributed by atoms with Gasteiger partial charge in [-0.05, 0) is 43.2 Å². The molecule has 0 amide bonds. The number of pyridine rings is 1. The Morgan fingerprint density at radius 1 is 1.06 bits per heavy atom. The lowest BCUT2D eigenvalue weighted by Gasteiger charge is -2.33. The van der Waals surface area contributed by atoms with Crippen molar-refractivity contribution in [3.8, 4) is 17.0 Å². The standard InChI is InChI=1S/C25H29F2N5O4/c1-31(18-6-10-34-11-7-18)25-29-22-19(23(30-25)32-8-12-35-13-9-32)3-4-20(28-22)16-2-5-21(36-24(26)27)17(14-16)15-33/h2-5,14,18,24,33H,6-13,15H2,1H3. The molecule has 2 aliphatic rings. The number of halogens is 2. The van der Waals surface area contributed by atoms with Crippen molar-refractivity contribution in [2.45, 2.75) is 32.1 Å². The van der Waals surface area contributed by atoms with E-state index in [1.54, 1.807) is 12.1 Å². The van der Waals surface area contributed by atoms with Crippen LogP contribution in [0.1, 0.15) is 18.4 Å². The molecule has 2 aromatic heterocycles. The Balaban J connectivity index is 1.56. The summed E-state index contributed by atoms with van der Waals surface area (Å²) >= 11 is 0. The number of aromatic nitrogens is 3. The Morgan fingerprint density at radius 2 is 1.81 bits per heavy atom. The fraction of sp³-hybridized carbons (Fsp3) is 0.480. The molecule has 0 aliphatic carbocycles. The van der Waals surface area contributed by atoms with Gasteiger partial charge >= 0.3 is 6.61 Å². The predicted molar refractivity (Wildman–Crippen MR) is 131 cm³/mol. The fourth-order valence-electron chi connectivity index (χ4n) is 4.63. The van der Waals surface area contributed by atoms with Gasteiger partial charge in [-0.2, -0.15) is 18.7 Å². The lowest BCUT2D eigenvalue weighted by atomic mass is 10.1. The number of aliphatic hydroxyl groups is 1. The zero-order chi connectivity index (χ0) is 25.1. The minimum Gasteiger partial charge on any atom is -0.434 e. The number of alkyl halides is 2.